The Hall–Kier alpha value is -2.71. The molecular weight excluding hydrogens is 363 g/mol. The first-order chi connectivity index (χ1) is 13.1. The summed E-state index contributed by atoms with van der Waals surface area (Å²) < 4.78 is 15.7. The van der Waals surface area contributed by atoms with Crippen molar-refractivity contribution in [1.82, 2.24) is 29.5 Å². The Balaban J connectivity index is 1.47. The van der Waals surface area contributed by atoms with Gasteiger partial charge in [0.2, 0.25) is 0 Å². The summed E-state index contributed by atoms with van der Waals surface area (Å²) in [5.41, 5.74) is 4.29. The molecule has 0 unspecified atom stereocenters. The van der Waals surface area contributed by atoms with Crippen LogP contribution in [0, 0.1) is 5.82 Å². The second-order valence-corrected chi connectivity index (χ2v) is 7.77. The van der Waals surface area contributed by atoms with Gasteiger partial charge in [0.25, 0.3) is 0 Å². The van der Waals surface area contributed by atoms with E-state index in [0.717, 1.165) is 22.0 Å². The topological polar surface area (TPSA) is 62.6 Å². The third-order valence-corrected chi connectivity index (χ3v) is 6.16. The van der Waals surface area contributed by atoms with Crippen molar-refractivity contribution in [2.24, 2.45) is 7.05 Å². The van der Waals surface area contributed by atoms with E-state index in [0.29, 0.717) is 12.4 Å². The average molecular weight is 380 g/mol. The highest BCUT2D eigenvalue weighted by molar-refractivity contribution is 7.97. The summed E-state index contributed by atoms with van der Waals surface area (Å²) >= 11 is 1.72. The Morgan fingerprint density at radius 3 is 2.93 bits per heavy atom. The summed E-state index contributed by atoms with van der Waals surface area (Å²) in [4.78, 5) is 5.88. The molecule has 8 heteroatoms. The van der Waals surface area contributed by atoms with Crippen molar-refractivity contribution in [3.63, 3.8) is 0 Å². The quantitative estimate of drug-likeness (QED) is 0.543. The summed E-state index contributed by atoms with van der Waals surface area (Å²) in [5.74, 6) is 0.478. The standard InChI is InChI=1S/C19H17FN6S/c1-11-15-7-12(16-9-21-17-8-13(20)4-5-14(16)17)3-6-18(15)27-26(11)10-19-22-24-25(2)23-19/h3-9,11,21H,10H2,1-2H3/t11-/m1/s1. The van der Waals surface area contributed by atoms with E-state index in [-0.39, 0.29) is 11.9 Å². The molecule has 3 heterocycles. The van der Waals surface area contributed by atoms with Gasteiger partial charge in [0.05, 0.1) is 13.6 Å². The van der Waals surface area contributed by atoms with E-state index in [1.54, 1.807) is 19.0 Å². The fourth-order valence-corrected chi connectivity index (χ4v) is 4.69. The summed E-state index contributed by atoms with van der Waals surface area (Å²) in [6.45, 7) is 2.82. The van der Waals surface area contributed by atoms with E-state index in [1.807, 2.05) is 12.3 Å². The number of tetrazole rings is 1. The van der Waals surface area contributed by atoms with Gasteiger partial charge >= 0.3 is 0 Å². The number of hydrogen-bond acceptors (Lipinski definition) is 5. The van der Waals surface area contributed by atoms with Crippen LogP contribution in [0.1, 0.15) is 24.4 Å². The van der Waals surface area contributed by atoms with Crippen molar-refractivity contribution in [3.8, 4) is 11.1 Å². The molecule has 4 aromatic rings. The Labute approximate surface area is 159 Å². The van der Waals surface area contributed by atoms with Gasteiger partial charge in [-0.3, -0.25) is 0 Å². The zero-order chi connectivity index (χ0) is 18.5. The maximum atomic E-state index is 13.5. The molecule has 1 atom stereocenters. The molecule has 27 heavy (non-hydrogen) atoms. The maximum absolute atomic E-state index is 13.5. The van der Waals surface area contributed by atoms with Crippen LogP contribution in [0.5, 0.6) is 0 Å². The molecule has 1 N–H and O–H groups in total. The number of rotatable bonds is 3. The molecule has 5 rings (SSSR count). The molecule has 0 aliphatic carbocycles. The third kappa shape index (κ3) is 2.81. The molecule has 0 saturated heterocycles. The molecule has 0 bridgehead atoms. The molecule has 136 valence electrons. The fourth-order valence-electron chi connectivity index (χ4n) is 3.52. The van der Waals surface area contributed by atoms with Crippen molar-refractivity contribution in [1.29, 1.82) is 0 Å². The monoisotopic (exact) mass is 380 g/mol. The molecule has 0 fully saturated rings. The molecule has 0 radical (unpaired) electrons. The molecule has 0 amide bonds. The Kier molecular flexibility index (Phi) is 3.76. The highest BCUT2D eigenvalue weighted by Gasteiger charge is 2.29. The Morgan fingerprint density at radius 1 is 1.22 bits per heavy atom. The highest BCUT2D eigenvalue weighted by atomic mass is 32.2. The van der Waals surface area contributed by atoms with Crippen LogP contribution in [-0.4, -0.2) is 29.5 Å². The number of fused-ring (bicyclic) bond motifs is 2. The van der Waals surface area contributed by atoms with Crippen LogP contribution in [-0.2, 0) is 13.6 Å². The predicted molar refractivity (Wildman–Crippen MR) is 102 cm³/mol. The minimum Gasteiger partial charge on any atom is -0.360 e. The van der Waals surface area contributed by atoms with Gasteiger partial charge in [-0.2, -0.15) is 4.80 Å². The highest BCUT2D eigenvalue weighted by Crippen LogP contribution is 2.46. The molecular formula is C19H17FN6S. The lowest BCUT2D eigenvalue weighted by molar-refractivity contribution is 0.378. The minimum atomic E-state index is -0.233. The molecule has 6 nitrogen and oxygen atoms in total. The summed E-state index contributed by atoms with van der Waals surface area (Å²) in [5, 5.41) is 13.3. The smallest absolute Gasteiger partial charge is 0.189 e. The van der Waals surface area contributed by atoms with Gasteiger partial charge in [-0.1, -0.05) is 6.07 Å². The molecule has 2 aromatic heterocycles. The average Bonchev–Trinajstić information content (AvgIpc) is 3.33. The Bertz CT molecular complexity index is 1150. The van der Waals surface area contributed by atoms with Crippen molar-refractivity contribution in [2.45, 2.75) is 24.4 Å². The zero-order valence-corrected chi connectivity index (χ0v) is 15.7. The van der Waals surface area contributed by atoms with Gasteiger partial charge in [-0.15, -0.1) is 10.2 Å². The van der Waals surface area contributed by atoms with E-state index in [9.17, 15) is 4.39 Å². The first-order valence-corrected chi connectivity index (χ1v) is 9.44. The van der Waals surface area contributed by atoms with Crippen LogP contribution in [0.4, 0.5) is 4.39 Å². The van der Waals surface area contributed by atoms with Gasteiger partial charge in [-0.05, 0) is 65.5 Å². The van der Waals surface area contributed by atoms with Crippen molar-refractivity contribution < 1.29 is 4.39 Å². The van der Waals surface area contributed by atoms with E-state index < -0.39 is 0 Å². The number of nitrogens with one attached hydrogen (secondary N) is 1. The van der Waals surface area contributed by atoms with E-state index >= 15 is 0 Å². The second kappa shape index (κ2) is 6.17. The molecule has 1 aliphatic heterocycles. The number of halogens is 1. The van der Waals surface area contributed by atoms with Gasteiger partial charge in [0.1, 0.15) is 5.82 Å². The van der Waals surface area contributed by atoms with E-state index in [1.165, 1.54) is 27.4 Å². The number of nitrogens with zero attached hydrogens (tertiary/aromatic N) is 5. The summed E-state index contributed by atoms with van der Waals surface area (Å²) in [7, 11) is 1.77. The number of hydrogen-bond donors (Lipinski definition) is 1. The number of aromatic nitrogens is 5. The van der Waals surface area contributed by atoms with Crippen molar-refractivity contribution >= 4 is 22.9 Å². The lowest BCUT2D eigenvalue weighted by Crippen LogP contribution is -2.15. The normalized spacial score (nSPS) is 16.9. The molecule has 0 spiro atoms. The number of H-pyrrole nitrogens is 1. The number of benzene rings is 2. The van der Waals surface area contributed by atoms with Crippen LogP contribution in [0.2, 0.25) is 0 Å². The van der Waals surface area contributed by atoms with Crippen molar-refractivity contribution in [2.75, 3.05) is 0 Å². The maximum Gasteiger partial charge on any atom is 0.189 e. The van der Waals surface area contributed by atoms with E-state index in [2.05, 4.69) is 49.8 Å². The predicted octanol–water partition coefficient (Wildman–Crippen LogP) is 4.08. The summed E-state index contributed by atoms with van der Waals surface area (Å²) in [6.07, 6.45) is 1.94. The molecule has 2 aromatic carbocycles. The van der Waals surface area contributed by atoms with Gasteiger partial charge in [-0.25, -0.2) is 8.70 Å². The van der Waals surface area contributed by atoms with Gasteiger partial charge in [0.15, 0.2) is 5.82 Å². The van der Waals surface area contributed by atoms with Gasteiger partial charge < -0.3 is 4.98 Å². The van der Waals surface area contributed by atoms with Crippen LogP contribution in [0.3, 0.4) is 0 Å². The Morgan fingerprint density at radius 2 is 2.11 bits per heavy atom. The van der Waals surface area contributed by atoms with Gasteiger partial charge in [0, 0.05) is 33.6 Å². The zero-order valence-electron chi connectivity index (χ0n) is 14.8. The first kappa shape index (κ1) is 16.5. The lowest BCUT2D eigenvalue weighted by atomic mass is 9.99. The first-order valence-electron chi connectivity index (χ1n) is 8.67. The largest absolute Gasteiger partial charge is 0.360 e. The molecule has 1 aliphatic rings. The lowest BCUT2D eigenvalue weighted by Gasteiger charge is -2.17. The fraction of sp³-hybridized carbons (Fsp3) is 0.211. The minimum absolute atomic E-state index is 0.233. The number of aromatic amines is 1. The third-order valence-electron chi connectivity index (χ3n) is 4.91. The summed E-state index contributed by atoms with van der Waals surface area (Å²) in [6, 6.07) is 11.6. The molecule has 0 saturated carbocycles. The van der Waals surface area contributed by atoms with Crippen molar-refractivity contribution in [3.05, 3.63) is 59.8 Å². The van der Waals surface area contributed by atoms with E-state index in [4.69, 9.17) is 0 Å². The SMILES string of the molecule is C[C@@H]1c2cc(-c3c[nH]c4cc(F)ccc34)ccc2SN1Cc1nnn(C)n1. The van der Waals surface area contributed by atoms with Crippen LogP contribution >= 0.6 is 11.9 Å². The second-order valence-electron chi connectivity index (χ2n) is 6.68. The van der Waals surface area contributed by atoms with Crippen LogP contribution < -0.4 is 0 Å². The van der Waals surface area contributed by atoms with Crippen LogP contribution in [0.25, 0.3) is 22.0 Å². The van der Waals surface area contributed by atoms with Crippen LogP contribution in [0.15, 0.2) is 47.5 Å². The number of aryl methyl sites for hydroxylation is 1.